The quantitative estimate of drug-likeness (QED) is 0.908. The largest absolute Gasteiger partial charge is 0.379 e. The predicted octanol–water partition coefficient (Wildman–Crippen LogP) is 2.63. The highest BCUT2D eigenvalue weighted by Gasteiger charge is 2.13. The Morgan fingerprint density at radius 3 is 2.73 bits per heavy atom. The zero-order valence-electron chi connectivity index (χ0n) is 8.43. The molecule has 2 N–H and O–H groups in total. The summed E-state index contributed by atoms with van der Waals surface area (Å²) in [5.41, 5.74) is 7.04. The molecule has 1 aliphatic heterocycles. The van der Waals surface area contributed by atoms with Crippen molar-refractivity contribution in [1.29, 1.82) is 0 Å². The molecule has 1 atom stereocenters. The average Bonchev–Trinajstić information content (AvgIpc) is 2.19. The average molecular weight is 287 g/mol. The van der Waals surface area contributed by atoms with Gasteiger partial charge in [0.2, 0.25) is 0 Å². The van der Waals surface area contributed by atoms with Crippen LogP contribution in [-0.4, -0.2) is 17.0 Å². The standard InChI is InChI=1S/C11H14N2S.BrH/c12-11-13-10(6-7-14-11)8-9-4-2-1-3-5-9;/h1-5,10H,6-8H2,(H2,12,13);1H/t10-;/m0./s1. The number of aliphatic imine (C=N–C) groups is 1. The van der Waals surface area contributed by atoms with Crippen LogP contribution < -0.4 is 5.73 Å². The number of hydrogen-bond donors (Lipinski definition) is 1. The van der Waals surface area contributed by atoms with Crippen molar-refractivity contribution in [3.8, 4) is 0 Å². The molecule has 82 valence electrons. The fraction of sp³-hybridized carbons (Fsp3) is 0.364. The number of rotatable bonds is 2. The first-order chi connectivity index (χ1) is 6.84. The lowest BCUT2D eigenvalue weighted by molar-refractivity contribution is 0.651. The van der Waals surface area contributed by atoms with E-state index in [4.69, 9.17) is 5.73 Å². The van der Waals surface area contributed by atoms with E-state index >= 15 is 0 Å². The van der Waals surface area contributed by atoms with Crippen molar-refractivity contribution in [3.63, 3.8) is 0 Å². The van der Waals surface area contributed by atoms with Crippen LogP contribution in [0.5, 0.6) is 0 Å². The minimum absolute atomic E-state index is 0. The van der Waals surface area contributed by atoms with Gasteiger partial charge in [0.1, 0.15) is 0 Å². The van der Waals surface area contributed by atoms with Gasteiger partial charge in [-0.2, -0.15) is 0 Å². The third kappa shape index (κ3) is 3.87. The van der Waals surface area contributed by atoms with Crippen molar-refractivity contribution in [2.24, 2.45) is 10.7 Å². The van der Waals surface area contributed by atoms with E-state index in [2.05, 4.69) is 29.3 Å². The Morgan fingerprint density at radius 1 is 1.33 bits per heavy atom. The lowest BCUT2D eigenvalue weighted by Gasteiger charge is -2.17. The van der Waals surface area contributed by atoms with Crippen LogP contribution in [0.1, 0.15) is 12.0 Å². The smallest absolute Gasteiger partial charge is 0.154 e. The highest BCUT2D eigenvalue weighted by atomic mass is 79.9. The summed E-state index contributed by atoms with van der Waals surface area (Å²) in [6.07, 6.45) is 2.16. The molecule has 1 aliphatic rings. The third-order valence-corrected chi connectivity index (χ3v) is 3.17. The van der Waals surface area contributed by atoms with Crippen LogP contribution in [-0.2, 0) is 6.42 Å². The molecule has 2 rings (SSSR count). The van der Waals surface area contributed by atoms with Gasteiger partial charge < -0.3 is 5.73 Å². The van der Waals surface area contributed by atoms with Crippen LogP contribution in [0.15, 0.2) is 35.3 Å². The molecular weight excluding hydrogens is 272 g/mol. The second-order valence-corrected chi connectivity index (χ2v) is 4.56. The minimum atomic E-state index is 0. The molecule has 0 spiro atoms. The summed E-state index contributed by atoms with van der Waals surface area (Å²) in [5, 5.41) is 0.747. The molecule has 0 aliphatic carbocycles. The maximum atomic E-state index is 5.69. The molecule has 1 aromatic carbocycles. The molecule has 0 unspecified atom stereocenters. The normalized spacial score (nSPS) is 20.3. The lowest BCUT2D eigenvalue weighted by atomic mass is 10.0. The fourth-order valence-corrected chi connectivity index (χ4v) is 2.44. The first-order valence-corrected chi connectivity index (χ1v) is 5.83. The molecular formula is C11H15BrN2S. The SMILES string of the molecule is Br.NC1=N[C@H](Cc2ccccc2)CCS1. The summed E-state index contributed by atoms with van der Waals surface area (Å²) in [6.45, 7) is 0. The zero-order chi connectivity index (χ0) is 9.80. The molecule has 0 saturated carbocycles. The number of halogens is 1. The molecule has 0 fully saturated rings. The Morgan fingerprint density at radius 2 is 2.07 bits per heavy atom. The third-order valence-electron chi connectivity index (χ3n) is 2.32. The maximum Gasteiger partial charge on any atom is 0.154 e. The van der Waals surface area contributed by atoms with Gasteiger partial charge in [0.05, 0.1) is 6.04 Å². The van der Waals surface area contributed by atoms with Gasteiger partial charge in [-0.1, -0.05) is 42.1 Å². The molecule has 1 heterocycles. The number of nitrogens with zero attached hydrogens (tertiary/aromatic N) is 1. The second-order valence-electron chi connectivity index (χ2n) is 3.45. The Labute approximate surface area is 105 Å². The van der Waals surface area contributed by atoms with Crippen LogP contribution in [0, 0.1) is 0 Å². The van der Waals surface area contributed by atoms with Crippen molar-refractivity contribution in [3.05, 3.63) is 35.9 Å². The molecule has 15 heavy (non-hydrogen) atoms. The van der Waals surface area contributed by atoms with E-state index < -0.39 is 0 Å². The molecule has 0 saturated heterocycles. The van der Waals surface area contributed by atoms with E-state index in [-0.39, 0.29) is 17.0 Å². The van der Waals surface area contributed by atoms with Crippen molar-refractivity contribution < 1.29 is 0 Å². The fourth-order valence-electron chi connectivity index (χ4n) is 1.62. The first kappa shape index (κ1) is 12.6. The summed E-state index contributed by atoms with van der Waals surface area (Å²) < 4.78 is 0. The van der Waals surface area contributed by atoms with Crippen LogP contribution in [0.3, 0.4) is 0 Å². The Bertz CT molecular complexity index is 327. The number of nitrogens with two attached hydrogens (primary N) is 1. The Kier molecular flexibility index (Phi) is 5.19. The number of benzene rings is 1. The highest BCUT2D eigenvalue weighted by Crippen LogP contribution is 2.18. The number of amidine groups is 1. The topological polar surface area (TPSA) is 38.4 Å². The van der Waals surface area contributed by atoms with Gasteiger partial charge in [-0.25, -0.2) is 0 Å². The van der Waals surface area contributed by atoms with E-state index in [1.165, 1.54) is 5.56 Å². The van der Waals surface area contributed by atoms with Crippen LogP contribution in [0.4, 0.5) is 0 Å². The molecule has 4 heteroatoms. The lowest BCUT2D eigenvalue weighted by Crippen LogP contribution is -2.21. The maximum absolute atomic E-state index is 5.69. The summed E-state index contributed by atoms with van der Waals surface area (Å²) in [6, 6.07) is 10.9. The van der Waals surface area contributed by atoms with Crippen molar-refractivity contribution in [1.82, 2.24) is 0 Å². The molecule has 2 nitrogen and oxygen atoms in total. The van der Waals surface area contributed by atoms with E-state index in [0.29, 0.717) is 6.04 Å². The van der Waals surface area contributed by atoms with E-state index in [1.807, 2.05) is 6.07 Å². The molecule has 0 amide bonds. The Balaban J connectivity index is 0.00000112. The summed E-state index contributed by atoms with van der Waals surface area (Å²) in [4.78, 5) is 4.43. The summed E-state index contributed by atoms with van der Waals surface area (Å²) in [7, 11) is 0. The van der Waals surface area contributed by atoms with Gasteiger partial charge >= 0.3 is 0 Å². The van der Waals surface area contributed by atoms with Crippen LogP contribution in [0.2, 0.25) is 0 Å². The van der Waals surface area contributed by atoms with Gasteiger partial charge in [0, 0.05) is 5.75 Å². The van der Waals surface area contributed by atoms with Gasteiger partial charge in [0.25, 0.3) is 0 Å². The van der Waals surface area contributed by atoms with Gasteiger partial charge in [-0.15, -0.1) is 17.0 Å². The molecule has 0 radical (unpaired) electrons. The number of thioether (sulfide) groups is 1. The van der Waals surface area contributed by atoms with Crippen LogP contribution in [0.25, 0.3) is 0 Å². The minimum Gasteiger partial charge on any atom is -0.379 e. The van der Waals surface area contributed by atoms with E-state index in [1.54, 1.807) is 11.8 Å². The summed E-state index contributed by atoms with van der Waals surface area (Å²) >= 11 is 1.66. The Hall–Kier alpha value is -0.480. The van der Waals surface area contributed by atoms with E-state index in [9.17, 15) is 0 Å². The molecule has 0 bridgehead atoms. The van der Waals surface area contributed by atoms with Gasteiger partial charge in [0.15, 0.2) is 5.17 Å². The zero-order valence-corrected chi connectivity index (χ0v) is 11.0. The van der Waals surface area contributed by atoms with Crippen molar-refractivity contribution in [2.75, 3.05) is 5.75 Å². The second kappa shape index (κ2) is 6.18. The molecule has 0 aromatic heterocycles. The summed E-state index contributed by atoms with van der Waals surface area (Å²) in [5.74, 6) is 1.10. The van der Waals surface area contributed by atoms with Crippen molar-refractivity contribution in [2.45, 2.75) is 18.9 Å². The first-order valence-electron chi connectivity index (χ1n) is 4.84. The molecule has 1 aromatic rings. The monoisotopic (exact) mass is 286 g/mol. The number of hydrogen-bond acceptors (Lipinski definition) is 3. The highest BCUT2D eigenvalue weighted by molar-refractivity contribution is 8.93. The van der Waals surface area contributed by atoms with Crippen LogP contribution >= 0.6 is 28.7 Å². The van der Waals surface area contributed by atoms with E-state index in [0.717, 1.165) is 23.8 Å². The van der Waals surface area contributed by atoms with Gasteiger partial charge in [-0.05, 0) is 18.4 Å². The van der Waals surface area contributed by atoms with Crippen molar-refractivity contribution >= 4 is 33.9 Å². The van der Waals surface area contributed by atoms with Gasteiger partial charge in [-0.3, -0.25) is 4.99 Å². The predicted molar refractivity (Wildman–Crippen MR) is 73.0 cm³/mol.